The normalized spacial score (nSPS) is 24.1. The lowest BCUT2D eigenvalue weighted by atomic mass is 10.1. The second-order valence-electron chi connectivity index (χ2n) is 3.95. The molecule has 0 saturated carbocycles. The molecule has 0 aromatic carbocycles. The molecule has 0 spiro atoms. The highest BCUT2D eigenvalue weighted by molar-refractivity contribution is 7.94. The molecule has 1 aliphatic heterocycles. The van der Waals surface area contributed by atoms with Crippen LogP contribution in [0.15, 0.2) is 11.5 Å². The first-order valence-electron chi connectivity index (χ1n) is 4.54. The number of ether oxygens (including phenoxy) is 1. The zero-order chi connectivity index (χ0) is 11.7. The standard InChI is InChI=1S/C9H15NO4S/c1-9(2,14-3)8(11)10-7-4-5-15(12,13)6-7/h4-5,7H,6H2,1-3H3,(H,10,11). The molecule has 1 rings (SSSR count). The van der Waals surface area contributed by atoms with Gasteiger partial charge in [-0.15, -0.1) is 0 Å². The average Bonchev–Trinajstić information content (AvgIpc) is 2.45. The number of sulfone groups is 1. The summed E-state index contributed by atoms with van der Waals surface area (Å²) in [6.45, 7) is 3.24. The maximum absolute atomic E-state index is 11.6. The van der Waals surface area contributed by atoms with Gasteiger partial charge in [-0.2, -0.15) is 0 Å². The van der Waals surface area contributed by atoms with Gasteiger partial charge >= 0.3 is 0 Å². The van der Waals surface area contributed by atoms with E-state index in [1.807, 2.05) is 0 Å². The Hall–Kier alpha value is -0.880. The van der Waals surface area contributed by atoms with Crippen LogP contribution in [-0.4, -0.2) is 38.8 Å². The summed E-state index contributed by atoms with van der Waals surface area (Å²) < 4.78 is 27.1. The van der Waals surface area contributed by atoms with Crippen molar-refractivity contribution in [2.24, 2.45) is 0 Å². The molecule has 0 radical (unpaired) electrons. The Morgan fingerprint density at radius 2 is 2.13 bits per heavy atom. The van der Waals surface area contributed by atoms with E-state index in [-0.39, 0.29) is 11.7 Å². The fraction of sp³-hybridized carbons (Fsp3) is 0.667. The van der Waals surface area contributed by atoms with Gasteiger partial charge in [0.2, 0.25) is 0 Å². The fourth-order valence-corrected chi connectivity index (χ4v) is 2.34. The van der Waals surface area contributed by atoms with Crippen LogP contribution in [0.1, 0.15) is 13.8 Å². The second-order valence-corrected chi connectivity index (χ2v) is 5.88. The quantitative estimate of drug-likeness (QED) is 0.735. The van der Waals surface area contributed by atoms with Gasteiger partial charge in [-0.25, -0.2) is 8.42 Å². The smallest absolute Gasteiger partial charge is 0.252 e. The molecule has 0 aromatic heterocycles. The molecular weight excluding hydrogens is 218 g/mol. The Balaban J connectivity index is 2.59. The third kappa shape index (κ3) is 3.04. The summed E-state index contributed by atoms with van der Waals surface area (Å²) in [5, 5.41) is 3.72. The van der Waals surface area contributed by atoms with E-state index in [1.165, 1.54) is 13.2 Å². The van der Waals surface area contributed by atoms with Crippen molar-refractivity contribution >= 4 is 15.7 Å². The first-order chi connectivity index (χ1) is 6.77. The highest BCUT2D eigenvalue weighted by Gasteiger charge is 2.31. The second kappa shape index (κ2) is 3.94. The van der Waals surface area contributed by atoms with Gasteiger partial charge in [0.25, 0.3) is 5.91 Å². The highest BCUT2D eigenvalue weighted by atomic mass is 32.2. The molecule has 0 saturated heterocycles. The van der Waals surface area contributed by atoms with Gasteiger partial charge in [0.1, 0.15) is 5.60 Å². The van der Waals surface area contributed by atoms with Gasteiger partial charge < -0.3 is 10.1 Å². The molecular formula is C9H15NO4S. The molecule has 15 heavy (non-hydrogen) atoms. The maximum atomic E-state index is 11.6. The fourth-order valence-electron chi connectivity index (χ4n) is 1.10. The van der Waals surface area contributed by atoms with E-state index in [0.29, 0.717) is 0 Å². The molecule has 0 bridgehead atoms. The van der Waals surface area contributed by atoms with E-state index in [0.717, 1.165) is 5.41 Å². The van der Waals surface area contributed by atoms with Crippen LogP contribution in [-0.2, 0) is 19.4 Å². The molecule has 1 N–H and O–H groups in total. The molecule has 0 aromatic rings. The summed E-state index contributed by atoms with van der Waals surface area (Å²) >= 11 is 0. The maximum Gasteiger partial charge on any atom is 0.252 e. The lowest BCUT2D eigenvalue weighted by Gasteiger charge is -2.23. The third-order valence-corrected chi connectivity index (χ3v) is 3.70. The van der Waals surface area contributed by atoms with Gasteiger partial charge in [-0.3, -0.25) is 4.79 Å². The van der Waals surface area contributed by atoms with Crippen LogP contribution in [0.5, 0.6) is 0 Å². The van der Waals surface area contributed by atoms with Crippen molar-refractivity contribution in [1.82, 2.24) is 5.32 Å². The number of carbonyl (C=O) groups excluding carboxylic acids is 1. The van der Waals surface area contributed by atoms with Gasteiger partial charge in [-0.05, 0) is 19.9 Å². The number of carbonyl (C=O) groups is 1. The van der Waals surface area contributed by atoms with Crippen molar-refractivity contribution in [3.05, 3.63) is 11.5 Å². The summed E-state index contributed by atoms with van der Waals surface area (Å²) in [4.78, 5) is 11.6. The average molecular weight is 233 g/mol. The largest absolute Gasteiger partial charge is 0.369 e. The first kappa shape index (κ1) is 12.2. The predicted molar refractivity (Wildman–Crippen MR) is 55.9 cm³/mol. The predicted octanol–water partition coefficient (Wildman–Crippen LogP) is -0.162. The van der Waals surface area contributed by atoms with Crippen LogP contribution in [0.3, 0.4) is 0 Å². The topological polar surface area (TPSA) is 72.5 Å². The lowest BCUT2D eigenvalue weighted by molar-refractivity contribution is -0.139. The van der Waals surface area contributed by atoms with Crippen molar-refractivity contribution in [3.8, 4) is 0 Å². The minimum Gasteiger partial charge on any atom is -0.369 e. The highest BCUT2D eigenvalue weighted by Crippen LogP contribution is 2.11. The number of hydrogen-bond acceptors (Lipinski definition) is 4. The van der Waals surface area contributed by atoms with Gasteiger partial charge in [-0.1, -0.05) is 0 Å². The van der Waals surface area contributed by atoms with E-state index in [1.54, 1.807) is 13.8 Å². The summed E-state index contributed by atoms with van der Waals surface area (Å²) in [7, 11) is -1.70. The number of amides is 1. The van der Waals surface area contributed by atoms with Crippen LogP contribution < -0.4 is 5.32 Å². The summed E-state index contributed by atoms with van der Waals surface area (Å²) in [5.74, 6) is -0.393. The lowest BCUT2D eigenvalue weighted by Crippen LogP contribution is -2.48. The van der Waals surface area contributed by atoms with E-state index in [2.05, 4.69) is 5.32 Å². The molecule has 0 fully saturated rings. The summed E-state index contributed by atoms with van der Waals surface area (Å²) in [6, 6.07) is -0.447. The molecule has 1 aliphatic rings. The number of methoxy groups -OCH3 is 1. The minimum absolute atomic E-state index is 0.0709. The summed E-state index contributed by atoms with van der Waals surface area (Å²) in [6.07, 6.45) is 1.47. The van der Waals surface area contributed by atoms with Crippen molar-refractivity contribution in [1.29, 1.82) is 0 Å². The van der Waals surface area contributed by atoms with E-state index < -0.39 is 21.5 Å². The zero-order valence-corrected chi connectivity index (χ0v) is 9.80. The molecule has 1 atom stereocenters. The van der Waals surface area contributed by atoms with Crippen LogP contribution >= 0.6 is 0 Å². The van der Waals surface area contributed by atoms with Gasteiger partial charge in [0, 0.05) is 12.5 Å². The van der Waals surface area contributed by atoms with E-state index in [4.69, 9.17) is 4.74 Å². The Bertz CT molecular complexity index is 383. The van der Waals surface area contributed by atoms with Gasteiger partial charge in [0.15, 0.2) is 9.84 Å². The van der Waals surface area contributed by atoms with Crippen molar-refractivity contribution < 1.29 is 17.9 Å². The number of rotatable bonds is 3. The molecule has 0 aliphatic carbocycles. The molecule has 1 unspecified atom stereocenters. The van der Waals surface area contributed by atoms with Crippen LogP contribution in [0.2, 0.25) is 0 Å². The number of hydrogen-bond donors (Lipinski definition) is 1. The van der Waals surface area contributed by atoms with Crippen molar-refractivity contribution in [3.63, 3.8) is 0 Å². The minimum atomic E-state index is -3.13. The Morgan fingerprint density at radius 3 is 2.53 bits per heavy atom. The zero-order valence-electron chi connectivity index (χ0n) is 8.98. The van der Waals surface area contributed by atoms with Crippen LogP contribution in [0, 0.1) is 0 Å². The molecule has 1 heterocycles. The first-order valence-corrected chi connectivity index (χ1v) is 6.25. The Kier molecular flexibility index (Phi) is 3.20. The SMILES string of the molecule is COC(C)(C)C(=O)NC1C=CS(=O)(=O)C1. The molecule has 1 amide bonds. The van der Waals surface area contributed by atoms with Gasteiger partial charge in [0.05, 0.1) is 11.8 Å². The number of nitrogens with one attached hydrogen (secondary N) is 1. The molecule has 6 heteroatoms. The van der Waals surface area contributed by atoms with Crippen LogP contribution in [0.25, 0.3) is 0 Å². The van der Waals surface area contributed by atoms with Crippen molar-refractivity contribution in [2.45, 2.75) is 25.5 Å². The van der Waals surface area contributed by atoms with Crippen molar-refractivity contribution in [2.75, 3.05) is 12.9 Å². The molecule has 86 valence electrons. The van der Waals surface area contributed by atoms with Crippen LogP contribution in [0.4, 0.5) is 0 Å². The van der Waals surface area contributed by atoms with E-state index in [9.17, 15) is 13.2 Å². The summed E-state index contributed by atoms with van der Waals surface area (Å²) in [5.41, 5.74) is -0.944. The Morgan fingerprint density at radius 1 is 1.53 bits per heavy atom. The third-order valence-electron chi connectivity index (χ3n) is 2.30. The Labute approximate surface area is 89.4 Å². The molecule has 5 nitrogen and oxygen atoms in total. The van der Waals surface area contributed by atoms with E-state index >= 15 is 0 Å². The monoisotopic (exact) mass is 233 g/mol.